The Balaban J connectivity index is 1.91. The number of ether oxygens (including phenoxy) is 2. The molecule has 1 atom stereocenters. The summed E-state index contributed by atoms with van der Waals surface area (Å²) in [6.45, 7) is 4.26. The molecule has 5 nitrogen and oxygen atoms in total. The summed E-state index contributed by atoms with van der Waals surface area (Å²) in [5, 5.41) is 9.23. The predicted octanol–water partition coefficient (Wildman–Crippen LogP) is 1.20. The number of morpholine rings is 1. The molecule has 1 unspecified atom stereocenters. The highest BCUT2D eigenvalue weighted by molar-refractivity contribution is 5.78. The van der Waals surface area contributed by atoms with Crippen LogP contribution >= 0.6 is 0 Å². The van der Waals surface area contributed by atoms with Gasteiger partial charge >= 0.3 is 0 Å². The molecule has 2 rings (SSSR count). The summed E-state index contributed by atoms with van der Waals surface area (Å²) in [4.78, 5) is 13.8. The summed E-state index contributed by atoms with van der Waals surface area (Å²) < 4.78 is 23.8. The molecule has 0 saturated carbocycles. The molecule has 1 aliphatic rings. The zero-order valence-electron chi connectivity index (χ0n) is 12.2. The molecule has 1 heterocycles. The summed E-state index contributed by atoms with van der Waals surface area (Å²) in [6, 6.07) is 5.50. The monoisotopic (exact) mass is 297 g/mol. The standard InChI is InChI=1S/C15H20FNO4/c1-15(2)10-17(7-13(8-18)21-15)14(19)9-20-12-5-3-11(16)4-6-12/h3-6,13,18H,7-10H2,1-2H3. The molecule has 0 radical (unpaired) electrons. The van der Waals surface area contributed by atoms with Crippen molar-refractivity contribution in [1.82, 2.24) is 4.90 Å². The molecule has 21 heavy (non-hydrogen) atoms. The third-order valence-electron chi connectivity index (χ3n) is 3.21. The molecule has 1 amide bonds. The van der Waals surface area contributed by atoms with Gasteiger partial charge in [0.2, 0.25) is 0 Å². The average molecular weight is 297 g/mol. The molecule has 1 N–H and O–H groups in total. The molecule has 1 aromatic rings. The number of hydrogen-bond donors (Lipinski definition) is 1. The van der Waals surface area contributed by atoms with Crippen LogP contribution in [0, 0.1) is 5.82 Å². The summed E-state index contributed by atoms with van der Waals surface area (Å²) in [5.41, 5.74) is -0.503. The molecular weight excluding hydrogens is 277 g/mol. The maximum absolute atomic E-state index is 12.8. The van der Waals surface area contributed by atoms with E-state index in [0.29, 0.717) is 18.8 Å². The maximum atomic E-state index is 12.8. The number of carbonyl (C=O) groups excluding carboxylic acids is 1. The van der Waals surface area contributed by atoms with Crippen LogP contribution in [-0.4, -0.2) is 53.9 Å². The largest absolute Gasteiger partial charge is 0.484 e. The third-order valence-corrected chi connectivity index (χ3v) is 3.21. The number of benzene rings is 1. The fraction of sp³-hybridized carbons (Fsp3) is 0.533. The Kier molecular flexibility index (Phi) is 4.80. The highest BCUT2D eigenvalue weighted by atomic mass is 19.1. The van der Waals surface area contributed by atoms with Crippen molar-refractivity contribution in [3.05, 3.63) is 30.1 Å². The lowest BCUT2D eigenvalue weighted by Crippen LogP contribution is -2.56. The molecule has 0 spiro atoms. The van der Waals surface area contributed by atoms with Gasteiger partial charge in [-0.3, -0.25) is 4.79 Å². The van der Waals surface area contributed by atoms with Gasteiger partial charge in [0.05, 0.1) is 18.3 Å². The van der Waals surface area contributed by atoms with E-state index in [2.05, 4.69) is 0 Å². The normalized spacial score (nSPS) is 21.1. The first-order valence-corrected chi connectivity index (χ1v) is 6.84. The topological polar surface area (TPSA) is 59.0 Å². The lowest BCUT2D eigenvalue weighted by atomic mass is 10.1. The predicted molar refractivity (Wildman–Crippen MR) is 74.5 cm³/mol. The minimum absolute atomic E-state index is 0.125. The van der Waals surface area contributed by atoms with E-state index >= 15 is 0 Å². The minimum atomic E-state index is -0.503. The molecule has 0 bridgehead atoms. The molecule has 0 aliphatic carbocycles. The van der Waals surface area contributed by atoms with E-state index in [1.807, 2.05) is 13.8 Å². The van der Waals surface area contributed by atoms with Crippen molar-refractivity contribution in [1.29, 1.82) is 0 Å². The Hall–Kier alpha value is -1.66. The number of amides is 1. The molecule has 1 saturated heterocycles. The lowest BCUT2D eigenvalue weighted by molar-refractivity contribution is -0.168. The van der Waals surface area contributed by atoms with Crippen LogP contribution in [0.5, 0.6) is 5.75 Å². The van der Waals surface area contributed by atoms with E-state index in [9.17, 15) is 14.3 Å². The number of carbonyl (C=O) groups is 1. The molecule has 0 aromatic heterocycles. The Bertz CT molecular complexity index is 489. The van der Waals surface area contributed by atoms with Crippen molar-refractivity contribution in [2.45, 2.75) is 25.6 Å². The van der Waals surface area contributed by atoms with Crippen LogP contribution in [-0.2, 0) is 9.53 Å². The van der Waals surface area contributed by atoms with Crippen LogP contribution in [0.25, 0.3) is 0 Å². The van der Waals surface area contributed by atoms with Gasteiger partial charge in [0, 0.05) is 13.1 Å². The number of aliphatic hydroxyl groups excluding tert-OH is 1. The number of halogens is 1. The zero-order valence-corrected chi connectivity index (χ0v) is 12.2. The highest BCUT2D eigenvalue weighted by Gasteiger charge is 2.35. The van der Waals surface area contributed by atoms with E-state index in [0.717, 1.165) is 0 Å². The lowest BCUT2D eigenvalue weighted by Gasteiger charge is -2.42. The molecule has 1 aliphatic heterocycles. The molecule has 1 fully saturated rings. The fourth-order valence-corrected chi connectivity index (χ4v) is 2.35. The minimum Gasteiger partial charge on any atom is -0.484 e. The van der Waals surface area contributed by atoms with Gasteiger partial charge in [0.15, 0.2) is 6.61 Å². The fourth-order valence-electron chi connectivity index (χ4n) is 2.35. The van der Waals surface area contributed by atoms with Crippen molar-refractivity contribution in [2.75, 3.05) is 26.3 Å². The Morgan fingerprint density at radius 3 is 2.76 bits per heavy atom. The van der Waals surface area contributed by atoms with Gasteiger partial charge < -0.3 is 19.5 Å². The first-order chi connectivity index (χ1) is 9.89. The van der Waals surface area contributed by atoms with Gasteiger partial charge in [-0.05, 0) is 38.1 Å². The van der Waals surface area contributed by atoms with E-state index < -0.39 is 5.60 Å². The van der Waals surface area contributed by atoms with Gasteiger partial charge in [-0.15, -0.1) is 0 Å². The molecule has 116 valence electrons. The smallest absolute Gasteiger partial charge is 0.260 e. The SMILES string of the molecule is CC1(C)CN(C(=O)COc2ccc(F)cc2)CC(CO)O1. The summed E-state index contributed by atoms with van der Waals surface area (Å²) in [7, 11) is 0. The van der Waals surface area contributed by atoms with Crippen molar-refractivity contribution in [2.24, 2.45) is 0 Å². The Morgan fingerprint density at radius 1 is 1.48 bits per heavy atom. The zero-order chi connectivity index (χ0) is 15.5. The van der Waals surface area contributed by atoms with E-state index in [1.165, 1.54) is 24.3 Å². The van der Waals surface area contributed by atoms with Crippen molar-refractivity contribution in [3.8, 4) is 5.75 Å². The van der Waals surface area contributed by atoms with Crippen LogP contribution in [0.3, 0.4) is 0 Å². The number of nitrogens with zero attached hydrogens (tertiary/aromatic N) is 1. The van der Waals surface area contributed by atoms with Crippen molar-refractivity contribution in [3.63, 3.8) is 0 Å². The van der Waals surface area contributed by atoms with Crippen LogP contribution in [0.1, 0.15) is 13.8 Å². The quantitative estimate of drug-likeness (QED) is 0.907. The van der Waals surface area contributed by atoms with Crippen LogP contribution in [0.4, 0.5) is 4.39 Å². The highest BCUT2D eigenvalue weighted by Crippen LogP contribution is 2.21. The molecule has 1 aromatic carbocycles. The second-order valence-electron chi connectivity index (χ2n) is 5.70. The first kappa shape index (κ1) is 15.7. The molecule has 6 heteroatoms. The van der Waals surface area contributed by atoms with E-state index in [1.54, 1.807) is 4.90 Å². The van der Waals surface area contributed by atoms with E-state index in [4.69, 9.17) is 9.47 Å². The second kappa shape index (κ2) is 6.41. The number of hydrogen-bond acceptors (Lipinski definition) is 4. The van der Waals surface area contributed by atoms with Crippen LogP contribution < -0.4 is 4.74 Å². The van der Waals surface area contributed by atoms with Gasteiger partial charge in [-0.25, -0.2) is 4.39 Å². The summed E-state index contributed by atoms with van der Waals surface area (Å²) in [5.74, 6) is -0.0977. The third kappa shape index (κ3) is 4.41. The van der Waals surface area contributed by atoms with E-state index in [-0.39, 0.29) is 31.0 Å². The van der Waals surface area contributed by atoms with Gasteiger partial charge in [0.1, 0.15) is 11.6 Å². The molecular formula is C15H20FNO4. The number of rotatable bonds is 4. The summed E-state index contributed by atoms with van der Waals surface area (Å²) in [6.07, 6.45) is -0.386. The Morgan fingerprint density at radius 2 is 2.14 bits per heavy atom. The maximum Gasteiger partial charge on any atom is 0.260 e. The first-order valence-electron chi connectivity index (χ1n) is 6.84. The van der Waals surface area contributed by atoms with Crippen molar-refractivity contribution < 1.29 is 23.8 Å². The van der Waals surface area contributed by atoms with Crippen LogP contribution in [0.15, 0.2) is 24.3 Å². The van der Waals surface area contributed by atoms with Gasteiger partial charge in [-0.1, -0.05) is 0 Å². The van der Waals surface area contributed by atoms with Gasteiger partial charge in [-0.2, -0.15) is 0 Å². The second-order valence-corrected chi connectivity index (χ2v) is 5.70. The van der Waals surface area contributed by atoms with Gasteiger partial charge in [0.25, 0.3) is 5.91 Å². The number of aliphatic hydroxyl groups is 1. The van der Waals surface area contributed by atoms with Crippen molar-refractivity contribution >= 4 is 5.91 Å². The summed E-state index contributed by atoms with van der Waals surface area (Å²) >= 11 is 0. The average Bonchev–Trinajstić information content (AvgIpc) is 2.44. The Labute approximate surface area is 123 Å². The van der Waals surface area contributed by atoms with Crippen LogP contribution in [0.2, 0.25) is 0 Å².